The van der Waals surface area contributed by atoms with Crippen LogP contribution in [-0.2, 0) is 46.0 Å². The van der Waals surface area contributed by atoms with Gasteiger partial charge in [0.2, 0.25) is 6.41 Å². The van der Waals surface area contributed by atoms with Crippen LogP contribution in [0.15, 0.2) is 71.7 Å². The number of rotatable bonds is 11. The summed E-state index contributed by atoms with van der Waals surface area (Å²) in [6, 6.07) is 16.4. The summed E-state index contributed by atoms with van der Waals surface area (Å²) in [7, 11) is 0. The Morgan fingerprint density at radius 2 is 1.84 bits per heavy atom. The van der Waals surface area contributed by atoms with Gasteiger partial charge in [-0.25, -0.2) is 19.5 Å². The number of cyclic esters (lactones) is 1. The minimum Gasteiger partial charge on any atom is -0.508 e. The Morgan fingerprint density at radius 1 is 1.06 bits per heavy atom. The van der Waals surface area contributed by atoms with Crippen molar-refractivity contribution in [1.82, 2.24) is 19.4 Å². The van der Waals surface area contributed by atoms with E-state index in [9.17, 15) is 34.5 Å². The average Bonchev–Trinajstić information content (AvgIpc) is 3.82. The largest absolute Gasteiger partial charge is 0.508 e. The van der Waals surface area contributed by atoms with Crippen LogP contribution in [0.2, 0.25) is 0 Å². The van der Waals surface area contributed by atoms with Gasteiger partial charge in [-0.05, 0) is 91.4 Å². The molecule has 0 fully saturated rings. The molecule has 3 aromatic carbocycles. The van der Waals surface area contributed by atoms with E-state index in [1.54, 1.807) is 35.8 Å². The number of primary amides is 1. The van der Waals surface area contributed by atoms with Gasteiger partial charge in [-0.2, -0.15) is 0 Å². The summed E-state index contributed by atoms with van der Waals surface area (Å²) in [6.45, 7) is 11.4. The molecule has 3 aromatic heterocycles. The van der Waals surface area contributed by atoms with Gasteiger partial charge in [0, 0.05) is 52.8 Å². The number of anilines is 1. The van der Waals surface area contributed by atoms with E-state index >= 15 is 0 Å². The number of ether oxygens (including phenoxy) is 2. The number of amides is 3. The summed E-state index contributed by atoms with van der Waals surface area (Å²) in [5.74, 6) is -0.693. The molecule has 6 aromatic rings. The number of amidine groups is 1. The SMILES string of the molecule is CC(C)c1cc(C(=N)N(C(N)=O)c2ccc3c(ccn3CCNC=O)c2)c(O)cc1O.CCOc1ccc2nc3c(c(CC)c2c1)Cn1c-3cc2c(c1=O)COC(=O)C2(O)CC. The van der Waals surface area contributed by atoms with Gasteiger partial charge in [0.15, 0.2) is 5.60 Å². The summed E-state index contributed by atoms with van der Waals surface area (Å²) in [6.07, 6.45) is 3.41. The maximum Gasteiger partial charge on any atom is 0.343 e. The van der Waals surface area contributed by atoms with Crippen molar-refractivity contribution in [3.8, 4) is 28.6 Å². The molecule has 7 N–H and O–H groups in total. The van der Waals surface area contributed by atoms with Crippen molar-refractivity contribution < 1.29 is 39.2 Å². The predicted molar refractivity (Wildman–Crippen MR) is 234 cm³/mol. The lowest BCUT2D eigenvalue weighted by molar-refractivity contribution is -0.172. The van der Waals surface area contributed by atoms with Crippen molar-refractivity contribution in [3.63, 3.8) is 0 Å². The molecule has 322 valence electrons. The smallest absolute Gasteiger partial charge is 0.343 e. The van der Waals surface area contributed by atoms with Crippen LogP contribution in [-0.4, -0.2) is 66.8 Å². The van der Waals surface area contributed by atoms with Crippen molar-refractivity contribution in [2.24, 2.45) is 5.73 Å². The number of nitrogens with zero attached hydrogens (tertiary/aromatic N) is 4. The Kier molecular flexibility index (Phi) is 11.8. The molecule has 1 unspecified atom stereocenters. The molecule has 0 saturated heterocycles. The number of aryl methyl sites for hydroxylation is 1. The molecular formula is C46H49N7O9. The molecule has 0 spiro atoms. The first kappa shape index (κ1) is 42.9. The molecule has 5 heterocycles. The second-order valence-corrected chi connectivity index (χ2v) is 15.4. The molecule has 0 radical (unpaired) electrons. The van der Waals surface area contributed by atoms with Gasteiger partial charge < -0.3 is 45.0 Å². The molecule has 0 saturated carbocycles. The number of esters is 1. The van der Waals surface area contributed by atoms with Crippen LogP contribution in [0.25, 0.3) is 33.2 Å². The first-order chi connectivity index (χ1) is 29.7. The van der Waals surface area contributed by atoms with E-state index in [0.717, 1.165) is 61.8 Å². The molecule has 3 amide bonds. The third-order valence-electron chi connectivity index (χ3n) is 11.5. The highest BCUT2D eigenvalue weighted by atomic mass is 16.6. The maximum atomic E-state index is 13.3. The number of fused-ring (bicyclic) bond motifs is 6. The number of phenolic OH excluding ortho intramolecular Hbond substituents is 2. The molecule has 0 bridgehead atoms. The fourth-order valence-electron chi connectivity index (χ4n) is 8.30. The van der Waals surface area contributed by atoms with Gasteiger partial charge in [0.25, 0.3) is 5.56 Å². The topological polar surface area (TPSA) is 235 Å². The number of benzene rings is 3. The van der Waals surface area contributed by atoms with Crippen molar-refractivity contribution in [1.29, 1.82) is 5.41 Å². The number of phenols is 2. The predicted octanol–water partition coefficient (Wildman–Crippen LogP) is 5.87. The van der Waals surface area contributed by atoms with Gasteiger partial charge in [-0.15, -0.1) is 0 Å². The Morgan fingerprint density at radius 3 is 2.52 bits per heavy atom. The van der Waals surface area contributed by atoms with Crippen LogP contribution in [0.5, 0.6) is 17.2 Å². The van der Waals surface area contributed by atoms with E-state index < -0.39 is 17.6 Å². The average molecular weight is 844 g/mol. The summed E-state index contributed by atoms with van der Waals surface area (Å²) < 4.78 is 14.4. The van der Waals surface area contributed by atoms with E-state index in [0.29, 0.717) is 60.7 Å². The van der Waals surface area contributed by atoms with Gasteiger partial charge in [-0.1, -0.05) is 27.7 Å². The number of aromatic nitrogens is 3. The maximum absolute atomic E-state index is 13.3. The lowest BCUT2D eigenvalue weighted by atomic mass is 9.86. The number of hydrogen-bond acceptors (Lipinski definition) is 11. The Hall–Kier alpha value is -7.20. The first-order valence-corrected chi connectivity index (χ1v) is 20.4. The van der Waals surface area contributed by atoms with E-state index in [1.165, 1.54) is 6.07 Å². The van der Waals surface area contributed by atoms with Crippen molar-refractivity contribution in [2.75, 3.05) is 18.1 Å². The van der Waals surface area contributed by atoms with Gasteiger partial charge in [0.05, 0.1) is 46.9 Å². The van der Waals surface area contributed by atoms with Gasteiger partial charge in [-0.3, -0.25) is 15.0 Å². The molecule has 2 aliphatic heterocycles. The number of carbonyl (C=O) groups excluding carboxylic acids is 3. The van der Waals surface area contributed by atoms with Crippen LogP contribution < -0.4 is 26.2 Å². The minimum absolute atomic E-state index is 0.0565. The Bertz CT molecular complexity index is 2850. The fraction of sp³-hybridized carbons (Fsp3) is 0.304. The molecule has 8 rings (SSSR count). The number of nitrogens with two attached hydrogens (primary N) is 1. The Labute approximate surface area is 356 Å². The zero-order chi connectivity index (χ0) is 44.6. The highest BCUT2D eigenvalue weighted by molar-refractivity contribution is 6.22. The van der Waals surface area contributed by atoms with Crippen LogP contribution >= 0.6 is 0 Å². The lowest BCUT2D eigenvalue weighted by Crippen LogP contribution is -2.44. The van der Waals surface area contributed by atoms with E-state index in [1.807, 2.05) is 55.8 Å². The van der Waals surface area contributed by atoms with Crippen molar-refractivity contribution in [3.05, 3.63) is 111 Å². The minimum atomic E-state index is -1.82. The fourth-order valence-corrected chi connectivity index (χ4v) is 8.30. The monoisotopic (exact) mass is 843 g/mol. The summed E-state index contributed by atoms with van der Waals surface area (Å²) in [4.78, 5) is 54.2. The Balaban J connectivity index is 0.000000186. The van der Waals surface area contributed by atoms with E-state index in [4.69, 9.17) is 25.6 Å². The molecule has 62 heavy (non-hydrogen) atoms. The highest BCUT2D eigenvalue weighted by Gasteiger charge is 2.45. The molecule has 1 atom stereocenters. The third-order valence-corrected chi connectivity index (χ3v) is 11.5. The molecule has 16 nitrogen and oxygen atoms in total. The molecule has 0 aliphatic carbocycles. The number of hydrogen-bond donors (Lipinski definition) is 6. The number of pyridine rings is 2. The van der Waals surface area contributed by atoms with Crippen LogP contribution in [0.4, 0.5) is 10.5 Å². The number of urea groups is 1. The van der Waals surface area contributed by atoms with Crippen LogP contribution in [0, 0.1) is 5.41 Å². The zero-order valence-corrected chi connectivity index (χ0v) is 35.1. The number of nitrogens with one attached hydrogen (secondary N) is 2. The lowest BCUT2D eigenvalue weighted by Gasteiger charge is -2.31. The van der Waals surface area contributed by atoms with E-state index in [-0.39, 0.29) is 47.4 Å². The second kappa shape index (κ2) is 17.0. The van der Waals surface area contributed by atoms with Gasteiger partial charge >= 0.3 is 12.0 Å². The quantitative estimate of drug-likeness (QED) is 0.0298. The molecule has 16 heteroatoms. The van der Waals surface area contributed by atoms with Crippen molar-refractivity contribution >= 4 is 51.7 Å². The number of aliphatic hydroxyl groups is 1. The van der Waals surface area contributed by atoms with Gasteiger partial charge in [0.1, 0.15) is 29.7 Å². The zero-order valence-electron chi connectivity index (χ0n) is 35.1. The summed E-state index contributed by atoms with van der Waals surface area (Å²) in [5, 5.41) is 44.4. The normalized spacial score (nSPS) is 15.0. The third kappa shape index (κ3) is 7.46. The number of aromatic hydroxyl groups is 2. The second-order valence-electron chi connectivity index (χ2n) is 15.4. The molecule has 2 aliphatic rings. The van der Waals surface area contributed by atoms with Crippen molar-refractivity contribution in [2.45, 2.75) is 78.7 Å². The first-order valence-electron chi connectivity index (χ1n) is 20.4. The summed E-state index contributed by atoms with van der Waals surface area (Å²) in [5.41, 5.74) is 10.4. The highest BCUT2D eigenvalue weighted by Crippen LogP contribution is 2.41. The summed E-state index contributed by atoms with van der Waals surface area (Å²) >= 11 is 0. The van der Waals surface area contributed by atoms with Crippen LogP contribution in [0.3, 0.4) is 0 Å². The van der Waals surface area contributed by atoms with E-state index in [2.05, 4.69) is 12.2 Å². The molecular weight excluding hydrogens is 795 g/mol. The standard InChI is InChI=1S/C24H24N2O5.C22H25N5O4/c1-4-14-15-9-13(30-6-3)7-8-19(15)25-21-16(14)11-26-20(21)10-18-17(22(26)27)12-31-23(28)24(18,29)5-2;1-13(2)16-10-17(20(30)11-19(16)29)21(23)27(22(24)31)15-3-4-18-14(9-15)5-7-26(18)8-6-25-12-28/h7-10,29H,4-6,11-12H2,1-3H3;3-5,7,9-13,23,29-30H,6,8H2,1-2H3,(H2,24,31)(H,25,28). The van der Waals surface area contributed by atoms with Crippen LogP contribution in [0.1, 0.15) is 80.3 Å². The number of carbonyl (C=O) groups is 3.